The van der Waals surface area contributed by atoms with Crippen molar-refractivity contribution in [3.63, 3.8) is 0 Å². The molecule has 5 nitrogen and oxygen atoms in total. The van der Waals surface area contributed by atoms with Crippen LogP contribution >= 0.6 is 0 Å². The van der Waals surface area contributed by atoms with E-state index >= 15 is 0 Å². The quantitative estimate of drug-likeness (QED) is 0.847. The third-order valence-corrected chi connectivity index (χ3v) is 4.32. The van der Waals surface area contributed by atoms with Gasteiger partial charge in [0.15, 0.2) is 5.79 Å². The Bertz CT molecular complexity index is 357. The molecule has 0 bridgehead atoms. The van der Waals surface area contributed by atoms with Gasteiger partial charge in [0, 0.05) is 18.4 Å². The van der Waals surface area contributed by atoms with Gasteiger partial charge in [-0.05, 0) is 40.0 Å². The highest BCUT2D eigenvalue weighted by Gasteiger charge is 2.51. The number of amides is 1. The molecule has 3 atom stereocenters. The fourth-order valence-corrected chi connectivity index (χ4v) is 3.33. The van der Waals surface area contributed by atoms with Crippen LogP contribution in [0.4, 0.5) is 4.79 Å². The van der Waals surface area contributed by atoms with Crippen LogP contribution in [0.15, 0.2) is 0 Å². The molecule has 0 aromatic heterocycles. The minimum atomic E-state index is -0.468. The number of rotatable bonds is 2. The van der Waals surface area contributed by atoms with E-state index in [0.717, 1.165) is 12.8 Å². The predicted octanol–water partition coefficient (Wildman–Crippen LogP) is 2.69. The number of nitrogens with one attached hydrogen (secondary N) is 1. The standard InChI is InChI=1S/C15H27NO4/c1-10-12(6-7-15(10)18-8-9-19-15)11(2)16-13(17)20-14(3,4)5/h10-12H,6-9H2,1-5H3,(H,16,17)/t10-,11-,12-/m1/s1. The van der Waals surface area contributed by atoms with Crippen LogP contribution in [0.1, 0.15) is 47.5 Å². The van der Waals surface area contributed by atoms with E-state index < -0.39 is 11.4 Å². The van der Waals surface area contributed by atoms with E-state index in [-0.39, 0.29) is 18.1 Å². The third-order valence-electron chi connectivity index (χ3n) is 4.32. The van der Waals surface area contributed by atoms with Crippen LogP contribution < -0.4 is 5.32 Å². The Morgan fingerprint density at radius 1 is 1.35 bits per heavy atom. The van der Waals surface area contributed by atoms with Gasteiger partial charge in [0.25, 0.3) is 0 Å². The van der Waals surface area contributed by atoms with Gasteiger partial charge in [-0.2, -0.15) is 0 Å². The van der Waals surface area contributed by atoms with Crippen molar-refractivity contribution < 1.29 is 19.0 Å². The van der Waals surface area contributed by atoms with Gasteiger partial charge in [0.2, 0.25) is 0 Å². The minimum absolute atomic E-state index is 0.0482. The van der Waals surface area contributed by atoms with Gasteiger partial charge in [-0.25, -0.2) is 4.79 Å². The number of alkyl carbamates (subject to hydrolysis) is 1. The maximum atomic E-state index is 11.8. The lowest BCUT2D eigenvalue weighted by Gasteiger charge is -2.32. The smallest absolute Gasteiger partial charge is 0.407 e. The van der Waals surface area contributed by atoms with Crippen LogP contribution in [0.25, 0.3) is 0 Å². The van der Waals surface area contributed by atoms with Gasteiger partial charge in [-0.1, -0.05) is 6.92 Å². The van der Waals surface area contributed by atoms with Crippen molar-refractivity contribution in [2.45, 2.75) is 64.9 Å². The zero-order chi connectivity index (χ0) is 15.0. The molecular weight excluding hydrogens is 258 g/mol. The van der Waals surface area contributed by atoms with Crippen molar-refractivity contribution in [3.05, 3.63) is 0 Å². The van der Waals surface area contributed by atoms with Crippen molar-refractivity contribution in [2.75, 3.05) is 13.2 Å². The van der Waals surface area contributed by atoms with Crippen LogP contribution in [0.5, 0.6) is 0 Å². The molecule has 2 rings (SSSR count). The summed E-state index contributed by atoms with van der Waals surface area (Å²) in [4.78, 5) is 11.8. The Morgan fingerprint density at radius 3 is 2.50 bits per heavy atom. The van der Waals surface area contributed by atoms with Crippen LogP contribution in [-0.4, -0.2) is 36.7 Å². The van der Waals surface area contributed by atoms with Gasteiger partial charge in [0.1, 0.15) is 5.60 Å². The second-order valence-electron chi connectivity index (χ2n) is 6.93. The monoisotopic (exact) mass is 285 g/mol. The highest BCUT2D eigenvalue weighted by Crippen LogP contribution is 2.46. The first kappa shape index (κ1) is 15.6. The fourth-order valence-electron chi connectivity index (χ4n) is 3.33. The molecule has 0 aromatic carbocycles. The molecular formula is C15H27NO4. The highest BCUT2D eigenvalue weighted by molar-refractivity contribution is 5.68. The Labute approximate surface area is 121 Å². The number of hydrogen-bond acceptors (Lipinski definition) is 4. The molecule has 1 N–H and O–H groups in total. The summed E-state index contributed by atoms with van der Waals surface area (Å²) in [5.74, 6) is 0.199. The maximum Gasteiger partial charge on any atom is 0.407 e. The Morgan fingerprint density at radius 2 is 1.95 bits per heavy atom. The second-order valence-corrected chi connectivity index (χ2v) is 6.93. The van der Waals surface area contributed by atoms with Crippen LogP contribution in [-0.2, 0) is 14.2 Å². The van der Waals surface area contributed by atoms with E-state index in [1.165, 1.54) is 0 Å². The summed E-state index contributed by atoms with van der Waals surface area (Å²) in [6.45, 7) is 11.1. The average molecular weight is 285 g/mol. The number of ether oxygens (including phenoxy) is 3. The number of carbonyl (C=O) groups excluding carboxylic acids is 1. The predicted molar refractivity (Wildman–Crippen MR) is 75.4 cm³/mol. The SMILES string of the molecule is C[C@@H]1[C@H]([C@@H](C)NC(=O)OC(C)(C)C)CCC12OCCO2. The van der Waals surface area contributed by atoms with E-state index in [2.05, 4.69) is 12.2 Å². The largest absolute Gasteiger partial charge is 0.444 e. The molecule has 1 saturated carbocycles. The fraction of sp³-hybridized carbons (Fsp3) is 0.933. The molecule has 5 heteroatoms. The summed E-state index contributed by atoms with van der Waals surface area (Å²) >= 11 is 0. The summed E-state index contributed by atoms with van der Waals surface area (Å²) in [6.07, 6.45) is 1.54. The topological polar surface area (TPSA) is 56.8 Å². The van der Waals surface area contributed by atoms with Gasteiger partial charge >= 0.3 is 6.09 Å². The molecule has 1 aliphatic carbocycles. The van der Waals surface area contributed by atoms with E-state index in [1.807, 2.05) is 27.7 Å². The Balaban J connectivity index is 1.90. The normalized spacial score (nSPS) is 30.4. The van der Waals surface area contributed by atoms with Crippen molar-refractivity contribution in [1.82, 2.24) is 5.32 Å². The molecule has 1 spiro atoms. The van der Waals surface area contributed by atoms with Gasteiger partial charge in [-0.15, -0.1) is 0 Å². The van der Waals surface area contributed by atoms with Crippen molar-refractivity contribution in [1.29, 1.82) is 0 Å². The number of carbonyl (C=O) groups is 1. The molecule has 1 amide bonds. The third kappa shape index (κ3) is 3.26. The van der Waals surface area contributed by atoms with Crippen molar-refractivity contribution in [2.24, 2.45) is 11.8 Å². The molecule has 0 aromatic rings. The molecule has 1 saturated heterocycles. The van der Waals surface area contributed by atoms with E-state index in [0.29, 0.717) is 19.1 Å². The molecule has 2 fully saturated rings. The van der Waals surface area contributed by atoms with Gasteiger partial charge in [-0.3, -0.25) is 0 Å². The molecule has 0 radical (unpaired) electrons. The van der Waals surface area contributed by atoms with Crippen LogP contribution in [0.2, 0.25) is 0 Å². The van der Waals surface area contributed by atoms with Crippen LogP contribution in [0.3, 0.4) is 0 Å². The summed E-state index contributed by atoms with van der Waals surface area (Å²) in [7, 11) is 0. The van der Waals surface area contributed by atoms with Crippen molar-refractivity contribution in [3.8, 4) is 0 Å². The second kappa shape index (κ2) is 5.53. The minimum Gasteiger partial charge on any atom is -0.444 e. The summed E-state index contributed by atoms with van der Waals surface area (Å²) in [6, 6.07) is 0.0482. The van der Waals surface area contributed by atoms with Crippen molar-refractivity contribution >= 4 is 6.09 Å². The Hall–Kier alpha value is -0.810. The number of hydrogen-bond donors (Lipinski definition) is 1. The Kier molecular flexibility index (Phi) is 4.30. The lowest BCUT2D eigenvalue weighted by atomic mass is 9.89. The maximum absolute atomic E-state index is 11.8. The zero-order valence-corrected chi connectivity index (χ0v) is 13.2. The van der Waals surface area contributed by atoms with Crippen LogP contribution in [0, 0.1) is 11.8 Å². The molecule has 20 heavy (non-hydrogen) atoms. The summed E-state index contributed by atoms with van der Waals surface area (Å²) < 4.78 is 16.9. The van der Waals surface area contributed by atoms with Gasteiger partial charge in [0.05, 0.1) is 13.2 Å². The molecule has 1 aliphatic heterocycles. The molecule has 2 aliphatic rings. The first-order valence-corrected chi connectivity index (χ1v) is 7.51. The summed E-state index contributed by atoms with van der Waals surface area (Å²) in [5.41, 5.74) is -0.468. The first-order chi connectivity index (χ1) is 9.23. The zero-order valence-electron chi connectivity index (χ0n) is 13.2. The average Bonchev–Trinajstić information content (AvgIpc) is 2.87. The van der Waals surface area contributed by atoms with E-state index in [1.54, 1.807) is 0 Å². The van der Waals surface area contributed by atoms with E-state index in [9.17, 15) is 4.79 Å². The summed E-state index contributed by atoms with van der Waals surface area (Å²) in [5, 5.41) is 2.94. The molecule has 0 unspecified atom stereocenters. The molecule has 116 valence electrons. The van der Waals surface area contributed by atoms with E-state index in [4.69, 9.17) is 14.2 Å². The first-order valence-electron chi connectivity index (χ1n) is 7.51. The lowest BCUT2D eigenvalue weighted by molar-refractivity contribution is -0.182. The van der Waals surface area contributed by atoms with Gasteiger partial charge < -0.3 is 19.5 Å². The lowest BCUT2D eigenvalue weighted by Crippen LogP contribution is -2.44. The highest BCUT2D eigenvalue weighted by atomic mass is 16.7. The molecule has 1 heterocycles.